The van der Waals surface area contributed by atoms with E-state index in [0.717, 1.165) is 18.6 Å². The third-order valence-electron chi connectivity index (χ3n) is 4.85. The van der Waals surface area contributed by atoms with Crippen LogP contribution >= 0.6 is 0 Å². The quantitative estimate of drug-likeness (QED) is 0.680. The zero-order valence-electron chi connectivity index (χ0n) is 15.5. The Hall–Kier alpha value is -1.94. The summed E-state index contributed by atoms with van der Waals surface area (Å²) in [5.74, 6) is -0.603. The van der Waals surface area contributed by atoms with Crippen molar-refractivity contribution < 1.29 is 27.3 Å². The second-order valence-electron chi connectivity index (χ2n) is 7.10. The highest BCUT2D eigenvalue weighted by Gasteiger charge is 2.36. The van der Waals surface area contributed by atoms with E-state index in [1.54, 1.807) is 19.9 Å². The maximum Gasteiger partial charge on any atom is 0.322 e. The lowest BCUT2D eigenvalue weighted by Gasteiger charge is -2.36. The highest BCUT2D eigenvalue weighted by Crippen LogP contribution is 2.40. The molecule has 1 aromatic rings. The molecule has 1 N–H and O–H groups in total. The first-order chi connectivity index (χ1) is 12.8. The van der Waals surface area contributed by atoms with Crippen molar-refractivity contribution in [2.24, 2.45) is 0 Å². The fourth-order valence-corrected chi connectivity index (χ4v) is 4.91. The van der Waals surface area contributed by atoms with Crippen molar-refractivity contribution in [2.45, 2.75) is 57.5 Å². The number of nitrogens with one attached hydrogen (secondary N) is 1. The average molecular weight is 399 g/mol. The predicted octanol–water partition coefficient (Wildman–Crippen LogP) is 1.03. The van der Waals surface area contributed by atoms with Gasteiger partial charge in [0.15, 0.2) is 11.4 Å². The molecule has 0 radical (unpaired) electrons. The summed E-state index contributed by atoms with van der Waals surface area (Å²) in [5.41, 5.74) is 0.252. The third kappa shape index (κ3) is 4.86. The van der Waals surface area contributed by atoms with Gasteiger partial charge in [0.05, 0.1) is 6.61 Å². The summed E-state index contributed by atoms with van der Waals surface area (Å²) in [5, 5.41) is 6.72. The molecule has 0 spiro atoms. The van der Waals surface area contributed by atoms with E-state index in [9.17, 15) is 18.0 Å². The Balaban J connectivity index is 1.54. The van der Waals surface area contributed by atoms with Gasteiger partial charge in [-0.3, -0.25) is 9.59 Å². The summed E-state index contributed by atoms with van der Waals surface area (Å²) in [4.78, 5) is 23.9. The number of amides is 1. The number of esters is 1. The minimum Gasteiger partial charge on any atom is -0.465 e. The highest BCUT2D eigenvalue weighted by atomic mass is 32.2. The Bertz CT molecular complexity index is 801. The molecule has 0 bridgehead atoms. The molecule has 2 atom stereocenters. The summed E-state index contributed by atoms with van der Waals surface area (Å²) in [6.07, 6.45) is 3.05. The molecule has 3 rings (SSSR count). The molecule has 0 unspecified atom stereocenters. The molecule has 27 heavy (non-hydrogen) atoms. The molecule has 1 saturated heterocycles. The lowest BCUT2D eigenvalue weighted by atomic mass is 10.0. The van der Waals surface area contributed by atoms with E-state index in [2.05, 4.69) is 10.5 Å². The number of carbonyl (C=O) groups is 2. The monoisotopic (exact) mass is 399 g/mol. The van der Waals surface area contributed by atoms with E-state index in [-0.39, 0.29) is 36.8 Å². The van der Waals surface area contributed by atoms with Gasteiger partial charge in [-0.1, -0.05) is 5.16 Å². The molecule has 10 heteroatoms. The van der Waals surface area contributed by atoms with Gasteiger partial charge in [-0.25, -0.2) is 8.42 Å². The standard InChI is InChI=1S/C17H25N3O6S/c1-3-25-16(21)10-27(23,24)20-7-6-13(8-11(20)2)18-17(22)14-9-15(26-19-14)12-4-5-12/h9,11-13H,3-8,10H2,1-2H3,(H,18,22)/t11-,13+/m0/s1. The first-order valence-electron chi connectivity index (χ1n) is 9.22. The number of carbonyl (C=O) groups excluding carboxylic acids is 2. The zero-order valence-corrected chi connectivity index (χ0v) is 16.3. The lowest BCUT2D eigenvalue weighted by molar-refractivity contribution is -0.140. The molecular formula is C17H25N3O6S. The minimum absolute atomic E-state index is 0.141. The number of piperidine rings is 1. The number of nitrogens with zero attached hydrogens (tertiary/aromatic N) is 2. The predicted molar refractivity (Wildman–Crippen MR) is 95.6 cm³/mol. The molecule has 0 aromatic carbocycles. The van der Waals surface area contributed by atoms with Crippen LogP contribution in [0.25, 0.3) is 0 Å². The van der Waals surface area contributed by atoms with Crippen molar-refractivity contribution in [1.82, 2.24) is 14.8 Å². The number of hydrogen-bond donors (Lipinski definition) is 1. The molecule has 1 amide bonds. The Labute approximate surface area is 158 Å². The van der Waals surface area contributed by atoms with Crippen molar-refractivity contribution in [2.75, 3.05) is 18.9 Å². The molecule has 150 valence electrons. The molecule has 1 saturated carbocycles. The topological polar surface area (TPSA) is 119 Å². The van der Waals surface area contributed by atoms with E-state index in [1.165, 1.54) is 4.31 Å². The van der Waals surface area contributed by atoms with Gasteiger partial charge in [0, 0.05) is 30.6 Å². The fourth-order valence-electron chi connectivity index (χ4n) is 3.35. The Morgan fingerprint density at radius 3 is 2.74 bits per heavy atom. The fraction of sp³-hybridized carbons (Fsp3) is 0.706. The summed E-state index contributed by atoms with van der Waals surface area (Å²) in [6.45, 7) is 3.77. The van der Waals surface area contributed by atoms with Crippen LogP contribution in [0.2, 0.25) is 0 Å². The normalized spacial score (nSPS) is 23.8. The van der Waals surface area contributed by atoms with Crippen LogP contribution in [-0.4, -0.2) is 60.7 Å². The Morgan fingerprint density at radius 1 is 1.37 bits per heavy atom. The molecule has 2 heterocycles. The molecule has 2 fully saturated rings. The Kier molecular flexibility index (Phi) is 5.85. The van der Waals surface area contributed by atoms with Gasteiger partial charge in [-0.05, 0) is 39.5 Å². The summed E-state index contributed by atoms with van der Waals surface area (Å²) in [6, 6.07) is 1.18. The van der Waals surface area contributed by atoms with E-state index < -0.39 is 21.7 Å². The molecular weight excluding hydrogens is 374 g/mol. The van der Waals surface area contributed by atoms with Crippen LogP contribution in [0.3, 0.4) is 0 Å². The number of sulfonamides is 1. The van der Waals surface area contributed by atoms with Crippen LogP contribution in [-0.2, 0) is 19.6 Å². The molecule has 2 aliphatic rings. The number of ether oxygens (including phenoxy) is 1. The Morgan fingerprint density at radius 2 is 2.11 bits per heavy atom. The average Bonchev–Trinajstić information content (AvgIpc) is 3.31. The van der Waals surface area contributed by atoms with Crippen LogP contribution in [0.4, 0.5) is 0 Å². The third-order valence-corrected chi connectivity index (χ3v) is 6.71. The van der Waals surface area contributed by atoms with Crippen molar-refractivity contribution in [3.63, 3.8) is 0 Å². The summed E-state index contributed by atoms with van der Waals surface area (Å²) in [7, 11) is -3.74. The SMILES string of the molecule is CCOC(=O)CS(=O)(=O)N1CC[C@@H](NC(=O)c2cc(C3CC3)on2)C[C@@H]1C. The van der Waals surface area contributed by atoms with E-state index in [1.807, 2.05) is 0 Å². The minimum atomic E-state index is -3.74. The van der Waals surface area contributed by atoms with Gasteiger partial charge in [0.2, 0.25) is 10.0 Å². The van der Waals surface area contributed by atoms with E-state index in [0.29, 0.717) is 18.8 Å². The summed E-state index contributed by atoms with van der Waals surface area (Å²) < 4.78 is 36.1. The summed E-state index contributed by atoms with van der Waals surface area (Å²) >= 11 is 0. The number of hydrogen-bond acceptors (Lipinski definition) is 7. The van der Waals surface area contributed by atoms with Gasteiger partial charge in [-0.2, -0.15) is 4.31 Å². The van der Waals surface area contributed by atoms with Crippen LogP contribution in [0, 0.1) is 0 Å². The van der Waals surface area contributed by atoms with Gasteiger partial charge in [0.1, 0.15) is 5.76 Å². The largest absolute Gasteiger partial charge is 0.465 e. The smallest absolute Gasteiger partial charge is 0.322 e. The van der Waals surface area contributed by atoms with E-state index in [4.69, 9.17) is 9.26 Å². The van der Waals surface area contributed by atoms with Crippen molar-refractivity contribution in [3.8, 4) is 0 Å². The van der Waals surface area contributed by atoms with Crippen LogP contribution in [0.1, 0.15) is 61.7 Å². The van der Waals surface area contributed by atoms with Crippen molar-refractivity contribution in [1.29, 1.82) is 0 Å². The lowest BCUT2D eigenvalue weighted by Crippen LogP contribution is -2.52. The molecule has 1 aliphatic carbocycles. The van der Waals surface area contributed by atoms with Crippen LogP contribution in [0.5, 0.6) is 0 Å². The van der Waals surface area contributed by atoms with Gasteiger partial charge in [-0.15, -0.1) is 0 Å². The number of aromatic nitrogens is 1. The second kappa shape index (κ2) is 7.97. The molecule has 1 aromatic heterocycles. The van der Waals surface area contributed by atoms with Crippen LogP contribution < -0.4 is 5.32 Å². The van der Waals surface area contributed by atoms with Gasteiger partial charge < -0.3 is 14.6 Å². The maximum atomic E-state index is 12.4. The second-order valence-corrected chi connectivity index (χ2v) is 9.03. The van der Waals surface area contributed by atoms with Crippen molar-refractivity contribution >= 4 is 21.9 Å². The van der Waals surface area contributed by atoms with E-state index >= 15 is 0 Å². The van der Waals surface area contributed by atoms with Crippen molar-refractivity contribution in [3.05, 3.63) is 17.5 Å². The maximum absolute atomic E-state index is 12.4. The zero-order chi connectivity index (χ0) is 19.6. The first-order valence-corrected chi connectivity index (χ1v) is 10.8. The molecule has 9 nitrogen and oxygen atoms in total. The van der Waals surface area contributed by atoms with Gasteiger partial charge >= 0.3 is 5.97 Å². The van der Waals surface area contributed by atoms with Gasteiger partial charge in [0.25, 0.3) is 5.91 Å². The highest BCUT2D eigenvalue weighted by molar-refractivity contribution is 7.89. The first kappa shape index (κ1) is 19.8. The molecule has 1 aliphatic heterocycles. The number of rotatable bonds is 7. The van der Waals surface area contributed by atoms with Crippen LogP contribution in [0.15, 0.2) is 10.6 Å².